The molecule has 0 radical (unpaired) electrons. The van der Waals surface area contributed by atoms with Gasteiger partial charge in [-0.15, -0.1) is 0 Å². The Balaban J connectivity index is 1.48. The van der Waals surface area contributed by atoms with E-state index in [0.29, 0.717) is 18.0 Å². The molecule has 2 N–H and O–H groups in total. The molecule has 0 atom stereocenters. The van der Waals surface area contributed by atoms with E-state index in [9.17, 15) is 0 Å². The summed E-state index contributed by atoms with van der Waals surface area (Å²) < 4.78 is 5.17. The lowest BCUT2D eigenvalue weighted by molar-refractivity contribution is 0.398. The van der Waals surface area contributed by atoms with Crippen molar-refractivity contribution in [3.05, 3.63) is 77.6 Å². The fraction of sp³-hybridized carbons (Fsp3) is 0.130. The van der Waals surface area contributed by atoms with E-state index in [-0.39, 0.29) is 0 Å². The van der Waals surface area contributed by atoms with Crippen LogP contribution in [0.2, 0.25) is 0 Å². The molecule has 0 saturated carbocycles. The Kier molecular flexibility index (Phi) is 5.39. The maximum atomic E-state index is 9.06. The molecule has 148 valence electrons. The number of nitrogens with zero attached hydrogens (tertiary/aromatic N) is 4. The number of nitrogens with one attached hydrogen (secondary N) is 2. The molecule has 0 unspecified atom stereocenters. The normalized spacial score (nSPS) is 10.4. The number of hydrogen-bond donors (Lipinski definition) is 2. The quantitative estimate of drug-likeness (QED) is 0.503. The minimum absolute atomic E-state index is 0.541. The van der Waals surface area contributed by atoms with Gasteiger partial charge in [-0.05, 0) is 60.0 Å². The molecule has 7 nitrogen and oxygen atoms in total. The average molecular weight is 396 g/mol. The Bertz CT molecular complexity index is 1220. The first-order chi connectivity index (χ1) is 14.7. The molecule has 3 heterocycles. The zero-order valence-electron chi connectivity index (χ0n) is 16.7. The zero-order valence-corrected chi connectivity index (χ0v) is 16.7. The summed E-state index contributed by atoms with van der Waals surface area (Å²) >= 11 is 0. The van der Waals surface area contributed by atoms with Gasteiger partial charge in [-0.2, -0.15) is 10.4 Å². The van der Waals surface area contributed by atoms with Crippen LogP contribution in [-0.2, 0) is 6.54 Å². The summed E-state index contributed by atoms with van der Waals surface area (Å²) in [5.41, 5.74) is 6.23. The van der Waals surface area contributed by atoms with Gasteiger partial charge in [0.25, 0.3) is 0 Å². The Morgan fingerprint density at radius 1 is 1.10 bits per heavy atom. The highest BCUT2D eigenvalue weighted by Gasteiger charge is 2.08. The van der Waals surface area contributed by atoms with E-state index in [1.54, 1.807) is 19.4 Å². The Hall–Kier alpha value is -4.18. The largest absolute Gasteiger partial charge is 0.481 e. The van der Waals surface area contributed by atoms with Crippen LogP contribution in [0.5, 0.6) is 5.88 Å². The number of H-pyrrole nitrogens is 1. The molecule has 0 aliphatic rings. The number of anilines is 1. The van der Waals surface area contributed by atoms with Crippen LogP contribution in [0.25, 0.3) is 22.5 Å². The van der Waals surface area contributed by atoms with E-state index in [1.165, 1.54) is 0 Å². The minimum atomic E-state index is 0.541. The summed E-state index contributed by atoms with van der Waals surface area (Å²) in [7, 11) is 1.59. The molecular weight excluding hydrogens is 376 g/mol. The van der Waals surface area contributed by atoms with Crippen molar-refractivity contribution < 1.29 is 4.74 Å². The van der Waals surface area contributed by atoms with Crippen LogP contribution in [0.4, 0.5) is 5.82 Å². The van der Waals surface area contributed by atoms with Gasteiger partial charge >= 0.3 is 0 Å². The summed E-state index contributed by atoms with van der Waals surface area (Å²) in [6, 6.07) is 19.3. The predicted octanol–water partition coefficient (Wildman–Crippen LogP) is 4.33. The number of rotatable bonds is 6. The monoisotopic (exact) mass is 396 g/mol. The number of ether oxygens (including phenoxy) is 1. The van der Waals surface area contributed by atoms with Gasteiger partial charge in [-0.1, -0.05) is 12.1 Å². The van der Waals surface area contributed by atoms with Gasteiger partial charge in [0.1, 0.15) is 11.5 Å². The van der Waals surface area contributed by atoms with Crippen LogP contribution in [-0.4, -0.2) is 27.3 Å². The maximum absolute atomic E-state index is 9.06. The van der Waals surface area contributed by atoms with Crippen molar-refractivity contribution in [1.82, 2.24) is 20.2 Å². The zero-order chi connectivity index (χ0) is 20.9. The number of methoxy groups -OCH3 is 1. The molecule has 30 heavy (non-hydrogen) atoms. The van der Waals surface area contributed by atoms with Gasteiger partial charge in [0.05, 0.1) is 36.7 Å². The lowest BCUT2D eigenvalue weighted by atomic mass is 9.99. The number of hydrogen-bond acceptors (Lipinski definition) is 6. The number of benzene rings is 1. The van der Waals surface area contributed by atoms with Crippen LogP contribution in [0.15, 0.2) is 60.8 Å². The molecule has 0 aliphatic carbocycles. The van der Waals surface area contributed by atoms with Gasteiger partial charge in [-0.25, -0.2) is 9.97 Å². The van der Waals surface area contributed by atoms with Crippen LogP contribution in [0.3, 0.4) is 0 Å². The number of pyridine rings is 2. The third kappa shape index (κ3) is 4.13. The van der Waals surface area contributed by atoms with Crippen LogP contribution >= 0.6 is 0 Å². The van der Waals surface area contributed by atoms with Crippen molar-refractivity contribution in [3.8, 4) is 34.5 Å². The number of aromatic amines is 1. The van der Waals surface area contributed by atoms with E-state index in [0.717, 1.165) is 39.6 Å². The first-order valence-corrected chi connectivity index (χ1v) is 9.43. The lowest BCUT2D eigenvalue weighted by Crippen LogP contribution is -2.01. The Labute approximate surface area is 174 Å². The molecule has 0 fully saturated rings. The van der Waals surface area contributed by atoms with Crippen molar-refractivity contribution in [1.29, 1.82) is 5.26 Å². The molecule has 4 aromatic rings. The van der Waals surface area contributed by atoms with E-state index in [4.69, 9.17) is 10.00 Å². The van der Waals surface area contributed by atoms with Gasteiger partial charge in [0.2, 0.25) is 5.88 Å². The molecule has 0 bridgehead atoms. The molecule has 4 rings (SSSR count). The molecule has 1 aromatic carbocycles. The molecule has 0 aliphatic heterocycles. The Morgan fingerprint density at radius 2 is 2.00 bits per heavy atom. The SMILES string of the molecule is COc1cccc(-c2cc(CNc3cc(-c4ccc(C#N)cc4C)ccn3)[nH]n2)n1. The maximum Gasteiger partial charge on any atom is 0.213 e. The highest BCUT2D eigenvalue weighted by molar-refractivity contribution is 5.70. The van der Waals surface area contributed by atoms with Crippen molar-refractivity contribution in [2.24, 2.45) is 0 Å². The van der Waals surface area contributed by atoms with Crippen molar-refractivity contribution in [2.75, 3.05) is 12.4 Å². The molecule has 3 aromatic heterocycles. The third-order valence-electron chi connectivity index (χ3n) is 4.71. The summed E-state index contributed by atoms with van der Waals surface area (Å²) in [6.07, 6.45) is 1.77. The van der Waals surface area contributed by atoms with Crippen LogP contribution < -0.4 is 10.1 Å². The van der Waals surface area contributed by atoms with Crippen LogP contribution in [0.1, 0.15) is 16.8 Å². The van der Waals surface area contributed by atoms with Gasteiger partial charge in [-0.3, -0.25) is 5.10 Å². The van der Waals surface area contributed by atoms with Gasteiger partial charge < -0.3 is 10.1 Å². The van der Waals surface area contributed by atoms with E-state index < -0.39 is 0 Å². The van der Waals surface area contributed by atoms with Crippen LogP contribution in [0, 0.1) is 18.3 Å². The molecule has 0 saturated heterocycles. The molecule has 7 heteroatoms. The predicted molar refractivity (Wildman–Crippen MR) is 115 cm³/mol. The first kappa shape index (κ1) is 19.2. The highest BCUT2D eigenvalue weighted by atomic mass is 16.5. The van der Waals surface area contributed by atoms with Gasteiger partial charge in [0, 0.05) is 12.3 Å². The van der Waals surface area contributed by atoms with Crippen molar-refractivity contribution in [3.63, 3.8) is 0 Å². The summed E-state index contributed by atoms with van der Waals surface area (Å²) in [5.74, 6) is 1.31. The Morgan fingerprint density at radius 3 is 2.80 bits per heavy atom. The lowest BCUT2D eigenvalue weighted by Gasteiger charge is -2.09. The van der Waals surface area contributed by atoms with E-state index in [2.05, 4.69) is 31.6 Å². The fourth-order valence-corrected chi connectivity index (χ4v) is 3.19. The number of aryl methyl sites for hydroxylation is 1. The summed E-state index contributed by atoms with van der Waals surface area (Å²) in [5, 5.41) is 19.7. The number of aromatic nitrogens is 4. The standard InChI is InChI=1S/C23H20N6O/c1-15-10-16(13-24)6-7-19(15)17-8-9-25-22(11-17)26-14-18-12-21(29-28-18)20-4-3-5-23(27-20)30-2/h3-12H,14H2,1-2H3,(H,25,26)(H,28,29). The minimum Gasteiger partial charge on any atom is -0.481 e. The van der Waals surface area contributed by atoms with Crippen molar-refractivity contribution in [2.45, 2.75) is 13.5 Å². The second kappa shape index (κ2) is 8.45. The van der Waals surface area contributed by atoms with Crippen molar-refractivity contribution >= 4 is 5.82 Å². The fourth-order valence-electron chi connectivity index (χ4n) is 3.19. The topological polar surface area (TPSA) is 99.5 Å². The smallest absolute Gasteiger partial charge is 0.213 e. The van der Waals surface area contributed by atoms with E-state index in [1.807, 2.05) is 55.5 Å². The third-order valence-corrected chi connectivity index (χ3v) is 4.71. The highest BCUT2D eigenvalue weighted by Crippen LogP contribution is 2.26. The van der Waals surface area contributed by atoms with E-state index >= 15 is 0 Å². The van der Waals surface area contributed by atoms with Gasteiger partial charge in [0.15, 0.2) is 0 Å². The average Bonchev–Trinajstić information content (AvgIpc) is 3.27. The molecule has 0 spiro atoms. The molecular formula is C23H20N6O. The first-order valence-electron chi connectivity index (χ1n) is 9.43. The second-order valence-electron chi connectivity index (χ2n) is 6.77. The second-order valence-corrected chi connectivity index (χ2v) is 6.77. The molecule has 0 amide bonds. The number of nitriles is 1. The summed E-state index contributed by atoms with van der Waals surface area (Å²) in [4.78, 5) is 8.81. The summed E-state index contributed by atoms with van der Waals surface area (Å²) in [6.45, 7) is 2.54.